The van der Waals surface area contributed by atoms with Gasteiger partial charge in [-0.15, -0.1) is 0 Å². The zero-order valence-corrected chi connectivity index (χ0v) is 17.0. The summed E-state index contributed by atoms with van der Waals surface area (Å²) in [6.45, 7) is 22.1. The Morgan fingerprint density at radius 2 is 0.964 bits per heavy atom. The molecule has 0 aliphatic carbocycles. The molecule has 0 amide bonds. The van der Waals surface area contributed by atoms with Gasteiger partial charge in [-0.1, -0.05) is 94.2 Å². The molecule has 28 heavy (non-hydrogen) atoms. The monoisotopic (exact) mass is 394 g/mol. The molecule has 0 aromatic heterocycles. The highest BCUT2D eigenvalue weighted by Crippen LogP contribution is 2.47. The van der Waals surface area contributed by atoms with E-state index < -0.39 is 8.60 Å². The Kier molecular flexibility index (Phi) is 15.1. The van der Waals surface area contributed by atoms with Gasteiger partial charge >= 0.3 is 8.60 Å². The minimum atomic E-state index is -1.86. The summed E-state index contributed by atoms with van der Waals surface area (Å²) in [4.78, 5) is 0. The first-order valence-electron chi connectivity index (χ1n) is 8.34. The molecule has 0 unspecified atom stereocenters. The molecule has 0 aromatic carbocycles. The lowest BCUT2D eigenvalue weighted by Crippen LogP contribution is -1.95. The second-order valence-electron chi connectivity index (χ2n) is 4.69. The van der Waals surface area contributed by atoms with Gasteiger partial charge in [0.25, 0.3) is 0 Å². The summed E-state index contributed by atoms with van der Waals surface area (Å²) in [5, 5.41) is 0. The molecular formula is C24H27O3P. The van der Waals surface area contributed by atoms with Crippen LogP contribution < -0.4 is 0 Å². The molecule has 0 atom stereocenters. The molecule has 0 spiro atoms. The molecule has 0 saturated carbocycles. The molecule has 0 saturated heterocycles. The van der Waals surface area contributed by atoms with Gasteiger partial charge in [0.1, 0.15) is 17.3 Å². The Hall–Kier alpha value is -3.29. The van der Waals surface area contributed by atoms with E-state index in [0.29, 0.717) is 17.3 Å². The molecule has 0 aliphatic heterocycles. The van der Waals surface area contributed by atoms with Crippen molar-refractivity contribution >= 4 is 8.60 Å². The fraction of sp³-hybridized carbons (Fsp3) is 0. The average Bonchev–Trinajstić information content (AvgIpc) is 2.69. The van der Waals surface area contributed by atoms with Crippen molar-refractivity contribution in [2.45, 2.75) is 0 Å². The summed E-state index contributed by atoms with van der Waals surface area (Å²) < 4.78 is 17.7. The van der Waals surface area contributed by atoms with Crippen LogP contribution in [0.5, 0.6) is 0 Å². The molecule has 0 fully saturated rings. The molecule has 0 radical (unpaired) electrons. The van der Waals surface area contributed by atoms with Gasteiger partial charge in [0.15, 0.2) is 0 Å². The first kappa shape index (κ1) is 24.7. The summed E-state index contributed by atoms with van der Waals surface area (Å²) >= 11 is 0. The number of hydrogen-bond donors (Lipinski definition) is 0. The molecule has 3 nitrogen and oxygen atoms in total. The van der Waals surface area contributed by atoms with E-state index in [1.54, 1.807) is 91.1 Å². The van der Waals surface area contributed by atoms with Crippen LogP contribution in [0.4, 0.5) is 0 Å². The van der Waals surface area contributed by atoms with Crippen LogP contribution in [0.2, 0.25) is 0 Å². The maximum atomic E-state index is 5.90. The molecule has 0 aromatic rings. The van der Waals surface area contributed by atoms with Gasteiger partial charge in [0.05, 0.1) is 0 Å². The predicted molar refractivity (Wildman–Crippen MR) is 123 cm³/mol. The third kappa shape index (κ3) is 12.1. The first-order chi connectivity index (χ1) is 13.6. The maximum absolute atomic E-state index is 5.90. The maximum Gasteiger partial charge on any atom is 0.530 e. The average molecular weight is 394 g/mol. The summed E-state index contributed by atoms with van der Waals surface area (Å²) in [6, 6.07) is 0. The van der Waals surface area contributed by atoms with Crippen molar-refractivity contribution in [2.75, 3.05) is 0 Å². The Morgan fingerprint density at radius 1 is 0.500 bits per heavy atom. The van der Waals surface area contributed by atoms with E-state index in [4.69, 9.17) is 13.6 Å². The van der Waals surface area contributed by atoms with Crippen molar-refractivity contribution in [3.8, 4) is 0 Å². The lowest BCUT2D eigenvalue weighted by Gasteiger charge is -2.19. The van der Waals surface area contributed by atoms with Gasteiger partial charge < -0.3 is 13.6 Å². The van der Waals surface area contributed by atoms with E-state index in [1.165, 1.54) is 0 Å². The van der Waals surface area contributed by atoms with Crippen molar-refractivity contribution in [3.63, 3.8) is 0 Å². The molecule has 0 bridgehead atoms. The van der Waals surface area contributed by atoms with E-state index in [2.05, 4.69) is 39.5 Å². The minimum absolute atomic E-state index is 0.473. The molecule has 0 aliphatic rings. The van der Waals surface area contributed by atoms with E-state index in [9.17, 15) is 0 Å². The molecule has 0 heterocycles. The highest BCUT2D eigenvalue weighted by molar-refractivity contribution is 7.42. The lowest BCUT2D eigenvalue weighted by molar-refractivity contribution is 0.271. The Labute approximate surface area is 170 Å². The summed E-state index contributed by atoms with van der Waals surface area (Å²) in [6.07, 6.45) is 25.2. The molecular weight excluding hydrogens is 367 g/mol. The second kappa shape index (κ2) is 17.1. The van der Waals surface area contributed by atoms with Crippen molar-refractivity contribution in [2.24, 2.45) is 0 Å². The van der Waals surface area contributed by atoms with Crippen LogP contribution in [-0.4, -0.2) is 0 Å². The second-order valence-corrected chi connectivity index (χ2v) is 5.69. The summed E-state index contributed by atoms with van der Waals surface area (Å²) in [5.41, 5.74) is 0. The molecule has 146 valence electrons. The lowest BCUT2D eigenvalue weighted by atomic mass is 10.4. The van der Waals surface area contributed by atoms with Gasteiger partial charge in [-0.2, -0.15) is 0 Å². The largest absolute Gasteiger partial charge is 0.530 e. The number of allylic oxidation sites excluding steroid dienone is 15. The van der Waals surface area contributed by atoms with Crippen LogP contribution in [0.25, 0.3) is 0 Å². The van der Waals surface area contributed by atoms with Crippen molar-refractivity contribution in [3.05, 3.63) is 148 Å². The van der Waals surface area contributed by atoms with E-state index in [0.717, 1.165) is 0 Å². The standard InChI is InChI=1S/C24H27O3P/c1-7-13-16-21-22(12-6)25-28(26-23(17-10-4)19-14-8-2)27-24(18-11-5)20-15-9-3/h7-21H,1-6H2/b16-13-,19-14-,20-15-,22-21+,23-17+,24-18+. The van der Waals surface area contributed by atoms with Gasteiger partial charge in [0, 0.05) is 0 Å². The third-order valence-corrected chi connectivity index (χ3v) is 3.69. The first-order valence-corrected chi connectivity index (χ1v) is 9.44. The number of rotatable bonds is 15. The van der Waals surface area contributed by atoms with Crippen LogP contribution in [-0.2, 0) is 13.6 Å². The van der Waals surface area contributed by atoms with E-state index in [1.807, 2.05) is 0 Å². The predicted octanol–water partition coefficient (Wildman–Crippen LogP) is 7.70. The number of hydrogen-bond acceptors (Lipinski definition) is 3. The molecule has 0 rings (SSSR count). The van der Waals surface area contributed by atoms with Crippen LogP contribution >= 0.6 is 8.60 Å². The smallest absolute Gasteiger partial charge is 0.409 e. The van der Waals surface area contributed by atoms with E-state index in [-0.39, 0.29) is 0 Å². The topological polar surface area (TPSA) is 27.7 Å². The van der Waals surface area contributed by atoms with E-state index >= 15 is 0 Å². The normalized spacial score (nSPS) is 13.0. The third-order valence-electron chi connectivity index (χ3n) is 2.61. The Bertz CT molecular complexity index is 689. The van der Waals surface area contributed by atoms with Crippen LogP contribution in [0.3, 0.4) is 0 Å². The summed E-state index contributed by atoms with van der Waals surface area (Å²) in [7, 11) is -1.86. The Morgan fingerprint density at radius 3 is 1.36 bits per heavy atom. The van der Waals surface area contributed by atoms with Crippen molar-refractivity contribution in [1.29, 1.82) is 0 Å². The van der Waals surface area contributed by atoms with Crippen LogP contribution in [0.1, 0.15) is 0 Å². The van der Waals surface area contributed by atoms with Crippen molar-refractivity contribution < 1.29 is 13.6 Å². The van der Waals surface area contributed by atoms with Gasteiger partial charge in [-0.25, -0.2) is 0 Å². The van der Waals surface area contributed by atoms with Crippen LogP contribution in [0, 0.1) is 0 Å². The molecule has 4 heteroatoms. The molecule has 0 N–H and O–H groups in total. The fourth-order valence-electron chi connectivity index (χ4n) is 1.47. The highest BCUT2D eigenvalue weighted by atomic mass is 31.2. The van der Waals surface area contributed by atoms with Crippen molar-refractivity contribution in [1.82, 2.24) is 0 Å². The Balaban J connectivity index is 5.77. The van der Waals surface area contributed by atoms with Gasteiger partial charge in [0.2, 0.25) is 0 Å². The fourth-order valence-corrected chi connectivity index (χ4v) is 2.48. The zero-order chi connectivity index (χ0) is 21.0. The quantitative estimate of drug-likeness (QED) is 0.162. The van der Waals surface area contributed by atoms with Gasteiger partial charge in [-0.05, 0) is 36.5 Å². The SMILES string of the molecule is C=C/C=C\C=C(/C=C)OP(OC(/C=C\C=C)=C/C=C)OC(/C=C\C=C)=C/C=C. The summed E-state index contributed by atoms with van der Waals surface area (Å²) in [5.74, 6) is 1.47. The van der Waals surface area contributed by atoms with Crippen LogP contribution in [0.15, 0.2) is 148 Å². The minimum Gasteiger partial charge on any atom is -0.409 e. The van der Waals surface area contributed by atoms with Gasteiger partial charge in [-0.3, -0.25) is 0 Å². The highest BCUT2D eigenvalue weighted by Gasteiger charge is 2.20. The zero-order valence-electron chi connectivity index (χ0n) is 16.1.